The number of nitrogens with one attached hydrogen (secondary N) is 2. The van der Waals surface area contributed by atoms with Crippen LogP contribution in [0.2, 0.25) is 0 Å². The minimum Gasteiger partial charge on any atom is -0.370 e. The minimum absolute atomic E-state index is 0.193. The Morgan fingerprint density at radius 2 is 1.91 bits per heavy atom. The van der Waals surface area contributed by atoms with Gasteiger partial charge in [0.2, 0.25) is 0 Å². The Morgan fingerprint density at radius 1 is 1.15 bits per heavy atom. The van der Waals surface area contributed by atoms with Gasteiger partial charge in [-0.25, -0.2) is 14.3 Å². The number of piperidine rings is 1. The van der Waals surface area contributed by atoms with Crippen molar-refractivity contribution in [1.82, 2.24) is 24.4 Å². The van der Waals surface area contributed by atoms with E-state index in [1.54, 1.807) is 34.0 Å². The Morgan fingerprint density at radius 3 is 2.65 bits per heavy atom. The van der Waals surface area contributed by atoms with Gasteiger partial charge in [0.1, 0.15) is 5.69 Å². The van der Waals surface area contributed by atoms with Gasteiger partial charge in [0.25, 0.3) is 5.91 Å². The summed E-state index contributed by atoms with van der Waals surface area (Å²) in [5.41, 5.74) is 3.75. The lowest BCUT2D eigenvalue weighted by molar-refractivity contribution is 0.102. The number of benzene rings is 1. The molecule has 5 heterocycles. The molecule has 0 aliphatic carbocycles. The molecule has 0 bridgehead atoms. The molecule has 0 radical (unpaired) electrons. The molecule has 4 aromatic rings. The van der Waals surface area contributed by atoms with E-state index in [0.29, 0.717) is 16.2 Å². The van der Waals surface area contributed by atoms with Crippen molar-refractivity contribution in [1.29, 1.82) is 0 Å². The van der Waals surface area contributed by atoms with E-state index in [-0.39, 0.29) is 17.3 Å². The number of amides is 1. The lowest BCUT2D eigenvalue weighted by Gasteiger charge is -2.49. The number of anilines is 2. The van der Waals surface area contributed by atoms with E-state index in [1.807, 2.05) is 30.3 Å². The third-order valence-electron chi connectivity index (χ3n) is 7.09. The summed E-state index contributed by atoms with van der Waals surface area (Å²) in [4.78, 5) is 37.0. The lowest BCUT2D eigenvalue weighted by Crippen LogP contribution is -2.58. The summed E-state index contributed by atoms with van der Waals surface area (Å²) in [6.07, 6.45) is 5.73. The molecule has 2 fully saturated rings. The van der Waals surface area contributed by atoms with Gasteiger partial charge in [-0.15, -0.1) is 11.3 Å². The molecule has 174 valence electrons. The van der Waals surface area contributed by atoms with E-state index in [4.69, 9.17) is 0 Å². The zero-order valence-electron chi connectivity index (χ0n) is 18.8. The van der Waals surface area contributed by atoms with Crippen molar-refractivity contribution in [3.05, 3.63) is 64.3 Å². The van der Waals surface area contributed by atoms with Gasteiger partial charge in [-0.2, -0.15) is 0 Å². The maximum absolute atomic E-state index is 13.1. The molecule has 2 aliphatic rings. The topological polar surface area (TPSA) is 97.1 Å². The third-order valence-corrected chi connectivity index (χ3v) is 7.92. The summed E-state index contributed by atoms with van der Waals surface area (Å²) < 4.78 is 3.13. The molecule has 2 N–H and O–H groups in total. The summed E-state index contributed by atoms with van der Waals surface area (Å²) in [6.45, 7) is 4.12. The molecule has 0 unspecified atom stereocenters. The number of carbonyl (C=O) groups is 1. The maximum Gasteiger partial charge on any atom is 0.335 e. The summed E-state index contributed by atoms with van der Waals surface area (Å²) in [5, 5.41) is 8.54. The van der Waals surface area contributed by atoms with Crippen LogP contribution in [0.3, 0.4) is 0 Å². The molecule has 2 saturated heterocycles. The van der Waals surface area contributed by atoms with Gasteiger partial charge in [0, 0.05) is 44.8 Å². The molecule has 0 saturated carbocycles. The first-order valence-electron chi connectivity index (χ1n) is 11.4. The second kappa shape index (κ2) is 8.07. The SMILES string of the molecule is Cn1c(=O)n(-c2nc(C(=O)Nc3cnccc3N3CCC4(CC3)CNC4)cs2)c2ccccc21. The molecule has 2 aliphatic heterocycles. The van der Waals surface area contributed by atoms with Crippen LogP contribution in [0.1, 0.15) is 23.3 Å². The van der Waals surface area contributed by atoms with E-state index in [2.05, 4.69) is 25.5 Å². The third kappa shape index (κ3) is 3.41. The van der Waals surface area contributed by atoms with Crippen molar-refractivity contribution in [2.75, 3.05) is 36.4 Å². The van der Waals surface area contributed by atoms with E-state index in [0.717, 1.165) is 55.7 Å². The van der Waals surface area contributed by atoms with Crippen LogP contribution in [-0.2, 0) is 7.05 Å². The number of fused-ring (bicyclic) bond motifs is 1. The predicted octanol–water partition coefficient (Wildman–Crippen LogP) is 2.62. The van der Waals surface area contributed by atoms with Crippen molar-refractivity contribution >= 4 is 39.7 Å². The fourth-order valence-electron chi connectivity index (χ4n) is 4.95. The maximum atomic E-state index is 13.1. The number of rotatable bonds is 4. The minimum atomic E-state index is -0.318. The van der Waals surface area contributed by atoms with Gasteiger partial charge >= 0.3 is 5.69 Å². The first kappa shape index (κ1) is 21.1. The highest BCUT2D eigenvalue weighted by molar-refractivity contribution is 7.12. The van der Waals surface area contributed by atoms with Crippen molar-refractivity contribution in [2.24, 2.45) is 12.5 Å². The molecule has 1 amide bonds. The number of hydrogen-bond donors (Lipinski definition) is 2. The standard InChI is InChI=1S/C24H25N7O2S/c1-29-19-4-2-3-5-20(19)31(23(29)33)22-28-17(13-34-22)21(32)27-16-12-25-9-6-18(16)30-10-7-24(8-11-30)14-26-15-24/h2-6,9,12-13,26H,7-8,10-11,14-15H2,1H3,(H,27,32). The Balaban J connectivity index is 1.24. The Bertz CT molecular complexity index is 1440. The van der Waals surface area contributed by atoms with Crippen LogP contribution in [0, 0.1) is 5.41 Å². The van der Waals surface area contributed by atoms with Crippen LogP contribution in [-0.4, -0.2) is 51.2 Å². The fraction of sp³-hybridized carbons (Fsp3) is 0.333. The van der Waals surface area contributed by atoms with Crippen LogP contribution in [0.5, 0.6) is 0 Å². The van der Waals surface area contributed by atoms with Crippen LogP contribution >= 0.6 is 11.3 Å². The van der Waals surface area contributed by atoms with Gasteiger partial charge < -0.3 is 15.5 Å². The normalized spacial score (nSPS) is 17.1. The highest BCUT2D eigenvalue weighted by Gasteiger charge is 2.39. The number of pyridine rings is 1. The first-order chi connectivity index (χ1) is 16.5. The molecular formula is C24H25N7O2S. The zero-order chi connectivity index (χ0) is 23.3. The Kier molecular flexibility index (Phi) is 5.00. The summed E-state index contributed by atoms with van der Waals surface area (Å²) in [5.74, 6) is -0.318. The quantitative estimate of drug-likeness (QED) is 0.471. The van der Waals surface area contributed by atoms with Crippen molar-refractivity contribution in [3.63, 3.8) is 0 Å². The van der Waals surface area contributed by atoms with Crippen LogP contribution < -0.4 is 21.2 Å². The second-order valence-corrected chi connectivity index (χ2v) is 9.96. The van der Waals surface area contributed by atoms with E-state index in [1.165, 1.54) is 11.3 Å². The van der Waals surface area contributed by atoms with Gasteiger partial charge in [-0.05, 0) is 36.5 Å². The van der Waals surface area contributed by atoms with Crippen molar-refractivity contribution < 1.29 is 4.79 Å². The number of aryl methyl sites for hydroxylation is 1. The lowest BCUT2D eigenvalue weighted by atomic mass is 9.73. The smallest absolute Gasteiger partial charge is 0.335 e. The predicted molar refractivity (Wildman–Crippen MR) is 133 cm³/mol. The molecule has 6 rings (SSSR count). The molecule has 10 heteroatoms. The Labute approximate surface area is 200 Å². The van der Waals surface area contributed by atoms with Gasteiger partial charge in [0.15, 0.2) is 5.13 Å². The van der Waals surface area contributed by atoms with E-state index in [9.17, 15) is 9.59 Å². The first-order valence-corrected chi connectivity index (χ1v) is 12.3. The van der Waals surface area contributed by atoms with Crippen LogP contribution in [0.25, 0.3) is 16.2 Å². The number of imidazole rings is 1. The number of nitrogens with zero attached hydrogens (tertiary/aromatic N) is 5. The van der Waals surface area contributed by atoms with Gasteiger partial charge in [0.05, 0.1) is 28.6 Å². The molecule has 1 aromatic carbocycles. The molecule has 34 heavy (non-hydrogen) atoms. The molecule has 1 spiro atoms. The second-order valence-electron chi connectivity index (χ2n) is 9.12. The number of para-hydroxylation sites is 2. The molecule has 0 atom stereocenters. The van der Waals surface area contributed by atoms with Gasteiger partial charge in [-0.1, -0.05) is 12.1 Å². The Hall–Kier alpha value is -3.50. The average molecular weight is 476 g/mol. The summed E-state index contributed by atoms with van der Waals surface area (Å²) in [7, 11) is 1.73. The fourth-order valence-corrected chi connectivity index (χ4v) is 5.76. The number of thiazole rings is 1. The summed E-state index contributed by atoms with van der Waals surface area (Å²) >= 11 is 1.27. The number of hydrogen-bond acceptors (Lipinski definition) is 7. The highest BCUT2D eigenvalue weighted by Crippen LogP contribution is 2.38. The largest absolute Gasteiger partial charge is 0.370 e. The molecular weight excluding hydrogens is 450 g/mol. The van der Waals surface area contributed by atoms with Gasteiger partial charge in [-0.3, -0.25) is 14.3 Å². The van der Waals surface area contributed by atoms with E-state index < -0.39 is 0 Å². The van der Waals surface area contributed by atoms with Crippen LogP contribution in [0.15, 0.2) is 52.9 Å². The monoisotopic (exact) mass is 475 g/mol. The highest BCUT2D eigenvalue weighted by atomic mass is 32.1. The van der Waals surface area contributed by atoms with Crippen molar-refractivity contribution in [2.45, 2.75) is 12.8 Å². The number of carbonyl (C=O) groups excluding carboxylic acids is 1. The van der Waals surface area contributed by atoms with Crippen LogP contribution in [0.4, 0.5) is 11.4 Å². The number of aromatic nitrogens is 4. The summed E-state index contributed by atoms with van der Waals surface area (Å²) in [6, 6.07) is 9.50. The van der Waals surface area contributed by atoms with E-state index >= 15 is 0 Å². The molecule has 9 nitrogen and oxygen atoms in total. The van der Waals surface area contributed by atoms with Crippen molar-refractivity contribution in [3.8, 4) is 5.13 Å². The average Bonchev–Trinajstić information content (AvgIpc) is 3.42. The zero-order valence-corrected chi connectivity index (χ0v) is 19.6. The molecule has 3 aromatic heterocycles.